The fourth-order valence-electron chi connectivity index (χ4n) is 4.56. The van der Waals surface area contributed by atoms with E-state index in [9.17, 15) is 9.59 Å². The number of carbonyl (C=O) groups excluding carboxylic acids is 2. The molecule has 6 nitrogen and oxygen atoms in total. The van der Waals surface area contributed by atoms with Gasteiger partial charge in [0.2, 0.25) is 5.91 Å². The van der Waals surface area contributed by atoms with Crippen LogP contribution in [0.15, 0.2) is 30.5 Å². The number of ether oxygens (including phenoxy) is 1. The van der Waals surface area contributed by atoms with E-state index in [0.717, 1.165) is 30.2 Å². The highest BCUT2D eigenvalue weighted by Gasteiger charge is 2.40. The molecule has 138 valence electrons. The molecule has 26 heavy (non-hydrogen) atoms. The Morgan fingerprint density at radius 3 is 3.04 bits per heavy atom. The largest absolute Gasteiger partial charge is 0.384 e. The van der Waals surface area contributed by atoms with Crippen molar-refractivity contribution >= 4 is 22.7 Å². The van der Waals surface area contributed by atoms with Crippen molar-refractivity contribution < 1.29 is 14.3 Å². The highest BCUT2D eigenvalue weighted by molar-refractivity contribution is 5.98. The lowest BCUT2D eigenvalue weighted by Crippen LogP contribution is -2.56. The molecular formula is C20H25N3O3. The number of aromatic nitrogens is 1. The molecule has 2 heterocycles. The number of methoxy groups -OCH3 is 1. The topological polar surface area (TPSA) is 83.2 Å². The van der Waals surface area contributed by atoms with Crippen LogP contribution in [0.25, 0.3) is 10.9 Å². The Hall–Kier alpha value is -2.34. The van der Waals surface area contributed by atoms with Crippen molar-refractivity contribution in [2.24, 2.45) is 11.8 Å². The van der Waals surface area contributed by atoms with Gasteiger partial charge in [-0.15, -0.1) is 0 Å². The number of aromatic amines is 1. The lowest BCUT2D eigenvalue weighted by molar-refractivity contribution is -0.128. The van der Waals surface area contributed by atoms with E-state index in [1.165, 1.54) is 0 Å². The second-order valence-corrected chi connectivity index (χ2v) is 7.52. The van der Waals surface area contributed by atoms with Gasteiger partial charge in [-0.25, -0.2) is 0 Å². The highest BCUT2D eigenvalue weighted by atomic mass is 16.5. The molecule has 1 aromatic heterocycles. The number of benzene rings is 1. The van der Waals surface area contributed by atoms with E-state index in [1.54, 1.807) is 7.11 Å². The molecule has 4 atom stereocenters. The molecule has 0 bridgehead atoms. The van der Waals surface area contributed by atoms with Gasteiger partial charge >= 0.3 is 0 Å². The van der Waals surface area contributed by atoms with Crippen molar-refractivity contribution in [2.75, 3.05) is 13.7 Å². The van der Waals surface area contributed by atoms with E-state index < -0.39 is 0 Å². The molecule has 0 radical (unpaired) electrons. The number of hydrogen-bond acceptors (Lipinski definition) is 3. The Kier molecular flexibility index (Phi) is 4.68. The zero-order valence-corrected chi connectivity index (χ0v) is 15.0. The van der Waals surface area contributed by atoms with E-state index in [4.69, 9.17) is 4.74 Å². The molecule has 1 aliphatic heterocycles. The molecule has 1 aromatic carbocycles. The van der Waals surface area contributed by atoms with E-state index in [0.29, 0.717) is 24.5 Å². The first-order valence-corrected chi connectivity index (χ1v) is 9.30. The summed E-state index contributed by atoms with van der Waals surface area (Å²) in [6, 6.07) is 7.89. The molecule has 2 aliphatic rings. The molecule has 1 aliphatic carbocycles. The first-order chi connectivity index (χ1) is 12.6. The summed E-state index contributed by atoms with van der Waals surface area (Å²) < 4.78 is 5.30. The van der Waals surface area contributed by atoms with Crippen molar-refractivity contribution in [3.8, 4) is 0 Å². The number of rotatable bonds is 4. The van der Waals surface area contributed by atoms with Crippen LogP contribution in [0.2, 0.25) is 0 Å². The van der Waals surface area contributed by atoms with Crippen LogP contribution < -0.4 is 10.6 Å². The number of piperidine rings is 1. The molecule has 6 heteroatoms. The lowest BCUT2D eigenvalue weighted by Gasteiger charge is -2.43. The van der Waals surface area contributed by atoms with Crippen LogP contribution in [0.3, 0.4) is 0 Å². The maximum atomic E-state index is 12.6. The molecule has 2 fully saturated rings. The highest BCUT2D eigenvalue weighted by Crippen LogP contribution is 2.35. The summed E-state index contributed by atoms with van der Waals surface area (Å²) in [5, 5.41) is 7.36. The quantitative estimate of drug-likeness (QED) is 0.786. The fraction of sp³-hybridized carbons (Fsp3) is 0.500. The average molecular weight is 355 g/mol. The summed E-state index contributed by atoms with van der Waals surface area (Å²) in [6.45, 7) is 0.627. The third-order valence-electron chi connectivity index (χ3n) is 5.84. The molecule has 1 saturated heterocycles. The molecule has 0 spiro atoms. The van der Waals surface area contributed by atoms with Crippen LogP contribution in [-0.4, -0.2) is 42.6 Å². The SMILES string of the molecule is COCC1CC(=O)NC2CC(NC(=O)c3ccc4cc[nH]c4c3)CCC12. The number of H-pyrrole nitrogens is 1. The van der Waals surface area contributed by atoms with Crippen LogP contribution in [0.4, 0.5) is 0 Å². The number of fused-ring (bicyclic) bond motifs is 2. The van der Waals surface area contributed by atoms with Gasteiger partial charge in [-0.1, -0.05) is 6.07 Å². The van der Waals surface area contributed by atoms with Gasteiger partial charge < -0.3 is 20.4 Å². The Morgan fingerprint density at radius 2 is 2.19 bits per heavy atom. The predicted molar refractivity (Wildman–Crippen MR) is 98.8 cm³/mol. The number of nitrogens with one attached hydrogen (secondary N) is 3. The molecule has 4 rings (SSSR count). The monoisotopic (exact) mass is 355 g/mol. The van der Waals surface area contributed by atoms with Crippen LogP contribution in [-0.2, 0) is 9.53 Å². The molecule has 4 unspecified atom stereocenters. The van der Waals surface area contributed by atoms with Gasteiger partial charge in [-0.05, 0) is 54.7 Å². The predicted octanol–water partition coefficient (Wildman–Crippen LogP) is 2.22. The molecular weight excluding hydrogens is 330 g/mol. The molecule has 2 amide bonds. The van der Waals surface area contributed by atoms with Crippen molar-refractivity contribution in [2.45, 2.75) is 37.8 Å². The van der Waals surface area contributed by atoms with Gasteiger partial charge in [0.1, 0.15) is 0 Å². The Balaban J connectivity index is 1.41. The smallest absolute Gasteiger partial charge is 0.251 e. The van der Waals surface area contributed by atoms with E-state index in [-0.39, 0.29) is 29.8 Å². The minimum atomic E-state index is -0.0551. The third-order valence-corrected chi connectivity index (χ3v) is 5.84. The zero-order chi connectivity index (χ0) is 18.1. The van der Waals surface area contributed by atoms with Crippen LogP contribution in [0.1, 0.15) is 36.0 Å². The number of amides is 2. The number of carbonyl (C=O) groups is 2. The fourth-order valence-corrected chi connectivity index (χ4v) is 4.56. The summed E-state index contributed by atoms with van der Waals surface area (Å²) in [6.07, 6.45) is 5.14. The molecule has 2 aromatic rings. The molecule has 3 N–H and O–H groups in total. The summed E-state index contributed by atoms with van der Waals surface area (Å²) in [5.41, 5.74) is 1.62. The summed E-state index contributed by atoms with van der Waals surface area (Å²) in [4.78, 5) is 27.8. The minimum Gasteiger partial charge on any atom is -0.384 e. The van der Waals surface area contributed by atoms with Crippen LogP contribution >= 0.6 is 0 Å². The van der Waals surface area contributed by atoms with Crippen molar-refractivity contribution in [1.82, 2.24) is 15.6 Å². The average Bonchev–Trinajstić information content (AvgIpc) is 3.09. The minimum absolute atomic E-state index is 0.0551. The lowest BCUT2D eigenvalue weighted by atomic mass is 9.71. The Labute approximate surface area is 152 Å². The number of hydrogen-bond donors (Lipinski definition) is 3. The van der Waals surface area contributed by atoms with Gasteiger partial charge in [-0.3, -0.25) is 9.59 Å². The molecule has 1 saturated carbocycles. The van der Waals surface area contributed by atoms with Gasteiger partial charge in [-0.2, -0.15) is 0 Å². The standard InChI is InChI=1S/C20H25N3O3/c1-26-11-14-9-19(24)23-18-10-15(4-5-16(14)18)22-20(25)13-3-2-12-6-7-21-17(12)8-13/h2-3,6-8,14-16,18,21H,4-5,9-11H2,1H3,(H,22,25)(H,23,24). The Bertz CT molecular complexity index is 815. The third kappa shape index (κ3) is 3.33. The van der Waals surface area contributed by atoms with Crippen molar-refractivity contribution in [3.63, 3.8) is 0 Å². The summed E-state index contributed by atoms with van der Waals surface area (Å²) >= 11 is 0. The first kappa shape index (κ1) is 17.1. The normalized spacial score (nSPS) is 28.4. The summed E-state index contributed by atoms with van der Waals surface area (Å²) in [7, 11) is 1.69. The van der Waals surface area contributed by atoms with Crippen molar-refractivity contribution in [3.05, 3.63) is 36.0 Å². The second-order valence-electron chi connectivity index (χ2n) is 7.52. The zero-order valence-electron chi connectivity index (χ0n) is 15.0. The second kappa shape index (κ2) is 7.11. The van der Waals surface area contributed by atoms with E-state index in [2.05, 4.69) is 15.6 Å². The maximum absolute atomic E-state index is 12.6. The first-order valence-electron chi connectivity index (χ1n) is 9.30. The van der Waals surface area contributed by atoms with E-state index >= 15 is 0 Å². The van der Waals surface area contributed by atoms with Crippen LogP contribution in [0.5, 0.6) is 0 Å². The Morgan fingerprint density at radius 1 is 1.31 bits per heavy atom. The van der Waals surface area contributed by atoms with Gasteiger partial charge in [0, 0.05) is 49.5 Å². The van der Waals surface area contributed by atoms with Gasteiger partial charge in [0.15, 0.2) is 0 Å². The maximum Gasteiger partial charge on any atom is 0.251 e. The van der Waals surface area contributed by atoms with Crippen LogP contribution in [0, 0.1) is 11.8 Å². The van der Waals surface area contributed by atoms with Gasteiger partial charge in [0.25, 0.3) is 5.91 Å². The van der Waals surface area contributed by atoms with Crippen molar-refractivity contribution in [1.29, 1.82) is 0 Å². The summed E-state index contributed by atoms with van der Waals surface area (Å²) in [5.74, 6) is 0.764. The van der Waals surface area contributed by atoms with Gasteiger partial charge in [0.05, 0.1) is 0 Å². The van der Waals surface area contributed by atoms with E-state index in [1.807, 2.05) is 30.5 Å².